The molecule has 1 aliphatic rings. The Hall–Kier alpha value is -3.29. The number of halogens is 1. The number of carbonyl (C=O) groups is 1. The second kappa shape index (κ2) is 8.00. The van der Waals surface area contributed by atoms with E-state index in [2.05, 4.69) is 4.98 Å². The number of amides is 1. The number of ether oxygens (including phenoxy) is 1. The predicted octanol–water partition coefficient (Wildman–Crippen LogP) is 5.10. The fourth-order valence-corrected chi connectivity index (χ4v) is 4.42. The van der Waals surface area contributed by atoms with Crippen LogP contribution < -0.4 is 4.74 Å². The van der Waals surface area contributed by atoms with Gasteiger partial charge in [0, 0.05) is 36.2 Å². The number of aromatic nitrogens is 2. The first-order chi connectivity index (χ1) is 15.1. The Morgan fingerprint density at radius 1 is 1.31 bits per heavy atom. The minimum atomic E-state index is -0.928. The topological polar surface area (TPSA) is 87.3 Å². The molecule has 32 heavy (non-hydrogen) atoms. The molecule has 2 N–H and O–H groups in total. The van der Waals surface area contributed by atoms with E-state index < -0.39 is 17.4 Å². The highest BCUT2D eigenvalue weighted by Gasteiger charge is 2.42. The Balaban J connectivity index is 1.62. The third-order valence-corrected chi connectivity index (χ3v) is 6.01. The van der Waals surface area contributed by atoms with Gasteiger partial charge in [-0.3, -0.25) is 0 Å². The minimum Gasteiger partial charge on any atom is -0.505 e. The lowest BCUT2D eigenvalue weighted by molar-refractivity contribution is -0.0130. The smallest absolute Gasteiger partial charge is 0.407 e. The van der Waals surface area contributed by atoms with Crippen LogP contribution in [0.5, 0.6) is 11.5 Å². The summed E-state index contributed by atoms with van der Waals surface area (Å²) in [5.41, 5.74) is 2.54. The van der Waals surface area contributed by atoms with Crippen molar-refractivity contribution >= 4 is 11.6 Å². The van der Waals surface area contributed by atoms with E-state index in [1.54, 1.807) is 12.5 Å². The molecule has 7 nitrogen and oxygen atoms in total. The number of phenols is 1. The van der Waals surface area contributed by atoms with E-state index in [1.807, 2.05) is 44.4 Å². The molecule has 8 heteroatoms. The summed E-state index contributed by atoms with van der Waals surface area (Å²) in [5.74, 6) is -0.437. The van der Waals surface area contributed by atoms with Crippen LogP contribution in [-0.4, -0.2) is 48.3 Å². The van der Waals surface area contributed by atoms with Gasteiger partial charge in [0.1, 0.15) is 17.4 Å². The van der Waals surface area contributed by atoms with Crippen LogP contribution in [0.25, 0.3) is 16.6 Å². The van der Waals surface area contributed by atoms with Gasteiger partial charge < -0.3 is 24.3 Å². The van der Waals surface area contributed by atoms with E-state index in [9.17, 15) is 19.4 Å². The number of carboxylic acid groups (broad SMARTS) is 1. The van der Waals surface area contributed by atoms with Crippen LogP contribution in [0, 0.1) is 5.82 Å². The molecular weight excluding hydrogens is 413 g/mol. The van der Waals surface area contributed by atoms with Crippen LogP contribution in [-0.2, 0) is 6.42 Å². The Kier molecular flexibility index (Phi) is 5.48. The average Bonchev–Trinajstić information content (AvgIpc) is 3.15. The lowest BCUT2D eigenvalue weighted by Gasteiger charge is -2.47. The van der Waals surface area contributed by atoms with E-state index >= 15 is 0 Å². The van der Waals surface area contributed by atoms with Crippen LogP contribution in [0.3, 0.4) is 0 Å². The van der Waals surface area contributed by atoms with Crippen LogP contribution in [0.4, 0.5) is 9.18 Å². The molecule has 1 aliphatic carbocycles. The first kappa shape index (κ1) is 21.9. The van der Waals surface area contributed by atoms with Crippen LogP contribution >= 0.6 is 0 Å². The van der Waals surface area contributed by atoms with Crippen LogP contribution in [0.2, 0.25) is 0 Å². The van der Waals surface area contributed by atoms with Gasteiger partial charge in [-0.1, -0.05) is 6.92 Å². The van der Waals surface area contributed by atoms with E-state index in [4.69, 9.17) is 4.74 Å². The number of pyridine rings is 1. The third kappa shape index (κ3) is 3.97. The number of nitrogens with zero attached hydrogens (tertiary/aromatic N) is 3. The number of benzene rings is 1. The minimum absolute atomic E-state index is 0.0977. The first-order valence-electron chi connectivity index (χ1n) is 10.7. The molecule has 1 aromatic carbocycles. The zero-order chi connectivity index (χ0) is 23.2. The van der Waals surface area contributed by atoms with Crippen molar-refractivity contribution in [1.82, 2.24) is 14.3 Å². The zero-order valence-corrected chi connectivity index (χ0v) is 18.7. The van der Waals surface area contributed by atoms with Crippen molar-refractivity contribution in [2.75, 3.05) is 0 Å². The molecular formula is C24H28FN3O4. The Morgan fingerprint density at radius 2 is 2.03 bits per heavy atom. The van der Waals surface area contributed by atoms with Gasteiger partial charge in [-0.25, -0.2) is 14.2 Å². The number of rotatable bonds is 5. The molecule has 0 unspecified atom stereocenters. The van der Waals surface area contributed by atoms with Gasteiger partial charge in [0.2, 0.25) is 0 Å². The summed E-state index contributed by atoms with van der Waals surface area (Å²) >= 11 is 0. The van der Waals surface area contributed by atoms with Gasteiger partial charge in [-0.2, -0.15) is 0 Å². The summed E-state index contributed by atoms with van der Waals surface area (Å²) in [6.45, 7) is 7.60. The van der Waals surface area contributed by atoms with E-state index in [1.165, 1.54) is 17.0 Å². The molecule has 1 saturated carbocycles. The number of hydrogen-bond acceptors (Lipinski definition) is 4. The Labute approximate surface area is 186 Å². The van der Waals surface area contributed by atoms with Crippen molar-refractivity contribution in [1.29, 1.82) is 0 Å². The second-order valence-electron chi connectivity index (χ2n) is 9.28. The molecule has 2 aromatic heterocycles. The molecule has 0 atom stereocenters. The highest BCUT2D eigenvalue weighted by Crippen LogP contribution is 2.37. The molecule has 0 aliphatic heterocycles. The standard InChI is InChI=1S/C24H28FN3O4/c1-5-14-6-21(29)19(25)10-18(14)15-7-22(20-11-26-13-27(20)12-15)32-17-8-16(9-17)28(23(30)31)24(2,3)4/h6-7,10-13,16-17,29H,5,8-9H2,1-4H3,(H,30,31)/t16-,17-. The number of aromatic hydroxyl groups is 1. The molecule has 4 rings (SSSR count). The van der Waals surface area contributed by atoms with Crippen molar-refractivity contribution in [2.45, 2.75) is 64.6 Å². The summed E-state index contributed by atoms with van der Waals surface area (Å²) in [7, 11) is 0. The van der Waals surface area contributed by atoms with Gasteiger partial charge in [0.05, 0.1) is 12.5 Å². The molecule has 1 fully saturated rings. The Bertz CT molecular complexity index is 1160. The summed E-state index contributed by atoms with van der Waals surface area (Å²) < 4.78 is 22.2. The largest absolute Gasteiger partial charge is 0.505 e. The molecule has 0 spiro atoms. The van der Waals surface area contributed by atoms with Crippen molar-refractivity contribution in [2.24, 2.45) is 0 Å². The molecule has 0 radical (unpaired) electrons. The van der Waals surface area contributed by atoms with Gasteiger partial charge in [-0.05, 0) is 56.5 Å². The molecule has 1 amide bonds. The van der Waals surface area contributed by atoms with Crippen LogP contribution in [0.1, 0.15) is 46.1 Å². The molecule has 170 valence electrons. The van der Waals surface area contributed by atoms with Crippen molar-refractivity contribution in [3.05, 3.63) is 48.3 Å². The highest BCUT2D eigenvalue weighted by molar-refractivity contribution is 5.74. The number of imidazole rings is 1. The fourth-order valence-electron chi connectivity index (χ4n) is 4.42. The van der Waals surface area contributed by atoms with E-state index in [0.29, 0.717) is 30.6 Å². The van der Waals surface area contributed by atoms with Gasteiger partial charge in [-0.15, -0.1) is 0 Å². The SMILES string of the molecule is CCc1cc(O)c(F)cc1-c1cc(O[C@H]2C[C@H](N(C(=O)O)C(C)(C)C)C2)c2cncn2c1. The monoisotopic (exact) mass is 441 g/mol. The van der Waals surface area contributed by atoms with E-state index in [-0.39, 0.29) is 17.9 Å². The molecule has 3 aromatic rings. The lowest BCUT2D eigenvalue weighted by Crippen LogP contribution is -2.58. The maximum absolute atomic E-state index is 14.1. The van der Waals surface area contributed by atoms with E-state index in [0.717, 1.165) is 16.6 Å². The Morgan fingerprint density at radius 3 is 2.66 bits per heavy atom. The lowest BCUT2D eigenvalue weighted by atomic mass is 9.85. The summed E-state index contributed by atoms with van der Waals surface area (Å²) in [6.07, 6.45) is 5.99. The zero-order valence-electron chi connectivity index (χ0n) is 18.7. The fraction of sp³-hybridized carbons (Fsp3) is 0.417. The quantitative estimate of drug-likeness (QED) is 0.575. The van der Waals surface area contributed by atoms with Crippen LogP contribution in [0.15, 0.2) is 36.9 Å². The maximum Gasteiger partial charge on any atom is 0.407 e. The van der Waals surface area contributed by atoms with Crippen molar-refractivity contribution < 1.29 is 24.1 Å². The average molecular weight is 442 g/mol. The summed E-state index contributed by atoms with van der Waals surface area (Å²) in [6, 6.07) is 4.55. The van der Waals surface area contributed by atoms with Crippen molar-refractivity contribution in [3.63, 3.8) is 0 Å². The number of fused-ring (bicyclic) bond motifs is 1. The predicted molar refractivity (Wildman–Crippen MR) is 119 cm³/mol. The normalized spacial score (nSPS) is 18.4. The molecule has 0 bridgehead atoms. The number of hydrogen-bond donors (Lipinski definition) is 2. The van der Waals surface area contributed by atoms with Gasteiger partial charge >= 0.3 is 6.09 Å². The highest BCUT2D eigenvalue weighted by atomic mass is 19.1. The maximum atomic E-state index is 14.1. The second-order valence-corrected chi connectivity index (χ2v) is 9.28. The molecule has 2 heterocycles. The third-order valence-electron chi connectivity index (χ3n) is 6.01. The summed E-state index contributed by atoms with van der Waals surface area (Å²) in [4.78, 5) is 17.4. The first-order valence-corrected chi connectivity index (χ1v) is 10.7. The number of phenolic OH excluding ortho intramolecular Hbond substituents is 1. The number of aryl methyl sites for hydroxylation is 1. The van der Waals surface area contributed by atoms with Gasteiger partial charge in [0.15, 0.2) is 11.6 Å². The summed E-state index contributed by atoms with van der Waals surface area (Å²) in [5, 5.41) is 19.4. The van der Waals surface area contributed by atoms with Crippen molar-refractivity contribution in [3.8, 4) is 22.6 Å². The molecule has 0 saturated heterocycles. The van der Waals surface area contributed by atoms with Gasteiger partial charge in [0.25, 0.3) is 0 Å².